The first-order valence-corrected chi connectivity index (χ1v) is 19.1. The molecule has 4 fully saturated rings. The van der Waals surface area contributed by atoms with E-state index in [4.69, 9.17) is 27.4 Å². The number of thiocarbonyl (C=S) groups is 2. The summed E-state index contributed by atoms with van der Waals surface area (Å²) in [5, 5.41) is 3.05. The van der Waals surface area contributed by atoms with Gasteiger partial charge in [0.25, 0.3) is 0 Å². The first kappa shape index (κ1) is 37.7. The van der Waals surface area contributed by atoms with Gasteiger partial charge in [-0.15, -0.1) is 0 Å². The zero-order valence-electron chi connectivity index (χ0n) is 29.8. The molecule has 4 aliphatic heterocycles. The summed E-state index contributed by atoms with van der Waals surface area (Å²) < 4.78 is 14.4. The summed E-state index contributed by atoms with van der Waals surface area (Å²) in [6.07, 6.45) is 15.2. The molecular weight excluding hydrogens is 693 g/mol. The molecule has 52 heavy (non-hydrogen) atoms. The van der Waals surface area contributed by atoms with Gasteiger partial charge in [0.2, 0.25) is 0 Å². The lowest BCUT2D eigenvalue weighted by Gasteiger charge is -2.40. The molecule has 2 N–H and O–H groups in total. The number of imidazole rings is 2. The highest BCUT2D eigenvalue weighted by molar-refractivity contribution is 7.80. The third-order valence-electron chi connectivity index (χ3n) is 10.2. The molecule has 0 bridgehead atoms. The molecule has 0 atom stereocenters. The zero-order valence-corrected chi connectivity index (χ0v) is 31.4. The fraction of sp³-hybridized carbons (Fsp3) is 0.474. The van der Waals surface area contributed by atoms with Crippen molar-refractivity contribution in [2.75, 3.05) is 94.3 Å². The van der Waals surface area contributed by atoms with Crippen LogP contribution >= 0.6 is 24.4 Å². The molecule has 0 amide bonds. The van der Waals surface area contributed by atoms with Crippen molar-refractivity contribution in [2.24, 2.45) is 4.99 Å². The summed E-state index contributed by atoms with van der Waals surface area (Å²) in [5.74, 6) is 0. The van der Waals surface area contributed by atoms with Crippen LogP contribution in [0.25, 0.3) is 0 Å². The topological polar surface area (TPSA) is 105 Å². The molecule has 0 unspecified atom stereocenters. The van der Waals surface area contributed by atoms with Gasteiger partial charge < -0.3 is 25.0 Å². The Labute approximate surface area is 317 Å². The maximum Gasteiger partial charge on any atom is 0.190 e. The van der Waals surface area contributed by atoms with Crippen molar-refractivity contribution in [2.45, 2.75) is 37.8 Å². The number of nitrogens with zero attached hydrogens (tertiary/aromatic N) is 9. The monoisotopic (exact) mass is 742 g/mol. The number of aliphatic imine (C=N–C) groups is 1. The van der Waals surface area contributed by atoms with Crippen LogP contribution in [0.3, 0.4) is 0 Å². The summed E-state index contributed by atoms with van der Waals surface area (Å²) in [4.78, 5) is 21.9. The molecule has 14 heteroatoms. The van der Waals surface area contributed by atoms with Gasteiger partial charge in [-0.05, 0) is 98.6 Å². The van der Waals surface area contributed by atoms with E-state index in [1.807, 2.05) is 24.3 Å². The third-order valence-corrected chi connectivity index (χ3v) is 10.7. The van der Waals surface area contributed by atoms with E-state index in [-0.39, 0.29) is 0 Å². The van der Waals surface area contributed by atoms with E-state index < -0.39 is 0 Å². The van der Waals surface area contributed by atoms with Crippen molar-refractivity contribution in [3.63, 3.8) is 0 Å². The fourth-order valence-corrected chi connectivity index (χ4v) is 7.54. The Morgan fingerprint density at radius 1 is 0.654 bits per heavy atom. The van der Waals surface area contributed by atoms with E-state index in [0.717, 1.165) is 102 Å². The average molecular weight is 743 g/mol. The van der Waals surface area contributed by atoms with Crippen LogP contribution in [-0.4, -0.2) is 130 Å². The normalized spacial score (nSPS) is 19.1. The lowest BCUT2D eigenvalue weighted by atomic mass is 10.0. The van der Waals surface area contributed by atoms with E-state index in [0.29, 0.717) is 5.11 Å². The summed E-state index contributed by atoms with van der Waals surface area (Å²) >= 11 is 9.77. The second kappa shape index (κ2) is 19.7. The maximum absolute atomic E-state index is 5.74. The summed E-state index contributed by atoms with van der Waals surface area (Å²) in [6.45, 7) is 12.5. The first-order chi connectivity index (χ1) is 25.6. The number of hydrogen-bond donors (Lipinski definition) is 1. The van der Waals surface area contributed by atoms with Crippen LogP contribution in [0.4, 0.5) is 22.7 Å². The Morgan fingerprint density at radius 3 is 1.46 bits per heavy atom. The number of piperidine rings is 2. The summed E-state index contributed by atoms with van der Waals surface area (Å²) in [6, 6.07) is 18.0. The van der Waals surface area contributed by atoms with Crippen molar-refractivity contribution < 1.29 is 9.47 Å². The summed E-state index contributed by atoms with van der Waals surface area (Å²) in [7, 11) is 0. The lowest BCUT2D eigenvalue weighted by Crippen LogP contribution is -2.49. The molecule has 276 valence electrons. The van der Waals surface area contributed by atoms with Crippen molar-refractivity contribution in [3.05, 3.63) is 86.0 Å². The fourth-order valence-electron chi connectivity index (χ4n) is 7.22. The summed E-state index contributed by atoms with van der Waals surface area (Å²) in [5.41, 5.74) is 10.0. The SMILES string of the molecule is Nc1ccc(N2CCC(N3CCOCC3)CC2)cc1.S=C(n1ccnc1)n1ccnc1.S=C=Nc1ccc(N2CCC(N3CCOCC3)CC2)cc1. The number of isothiocyanates is 1. The van der Waals surface area contributed by atoms with Gasteiger partial charge in [0.05, 0.1) is 37.3 Å². The van der Waals surface area contributed by atoms with Gasteiger partial charge in [-0.3, -0.25) is 18.9 Å². The van der Waals surface area contributed by atoms with Crippen LogP contribution in [-0.2, 0) is 9.47 Å². The molecule has 4 aromatic rings. The van der Waals surface area contributed by atoms with Crippen molar-refractivity contribution in [3.8, 4) is 0 Å². The molecule has 0 saturated carbocycles. The van der Waals surface area contributed by atoms with E-state index in [1.165, 1.54) is 37.1 Å². The Hall–Kier alpha value is -4.01. The number of anilines is 3. The molecule has 4 saturated heterocycles. The smallest absolute Gasteiger partial charge is 0.190 e. The largest absolute Gasteiger partial charge is 0.399 e. The first-order valence-electron chi connectivity index (χ1n) is 18.2. The standard InChI is InChI=1S/C16H21N3OS.C15H23N3O.C7H6N4S/c21-13-17-14-1-3-15(4-2-14)18-7-5-16(6-8-18)19-9-11-20-12-10-19;16-13-1-3-14(4-2-13)17-7-5-15(6-8-17)18-9-11-19-12-10-18;12-7(10-3-1-8-5-10)11-4-2-9-6-11/h1-4,16H,5-12H2;1-4,15H,5-12,16H2;1-6H. The highest BCUT2D eigenvalue weighted by atomic mass is 32.1. The molecule has 6 heterocycles. The third kappa shape index (κ3) is 10.8. The quantitative estimate of drug-likeness (QED) is 0.169. The predicted octanol–water partition coefficient (Wildman–Crippen LogP) is 5.05. The Kier molecular flexibility index (Phi) is 14.3. The number of nitrogens with two attached hydrogens (primary N) is 1. The number of morpholine rings is 2. The molecule has 12 nitrogen and oxygen atoms in total. The lowest BCUT2D eigenvalue weighted by molar-refractivity contribution is 0.0115. The molecule has 8 rings (SSSR count). The predicted molar refractivity (Wildman–Crippen MR) is 215 cm³/mol. The van der Waals surface area contributed by atoms with Gasteiger partial charge in [-0.1, -0.05) is 0 Å². The molecule has 0 aliphatic carbocycles. The Bertz CT molecular complexity index is 1620. The molecule has 0 radical (unpaired) electrons. The highest BCUT2D eigenvalue weighted by Crippen LogP contribution is 2.26. The highest BCUT2D eigenvalue weighted by Gasteiger charge is 2.27. The van der Waals surface area contributed by atoms with Gasteiger partial charge in [-0.2, -0.15) is 4.99 Å². The minimum Gasteiger partial charge on any atom is -0.399 e. The molecular formula is C38H50N10O2S2. The maximum atomic E-state index is 5.74. The van der Waals surface area contributed by atoms with Crippen molar-refractivity contribution >= 4 is 57.5 Å². The minimum absolute atomic E-state index is 0.644. The number of benzene rings is 2. The molecule has 2 aromatic carbocycles. The van der Waals surface area contributed by atoms with Crippen LogP contribution in [0.5, 0.6) is 0 Å². The Balaban J connectivity index is 0.000000139. The van der Waals surface area contributed by atoms with Crippen LogP contribution in [0.2, 0.25) is 0 Å². The molecule has 0 spiro atoms. The number of rotatable bonds is 5. The number of hydrogen-bond acceptors (Lipinski definition) is 12. The second-order valence-corrected chi connectivity index (χ2v) is 13.8. The van der Waals surface area contributed by atoms with E-state index in [9.17, 15) is 0 Å². The molecule has 4 aliphatic rings. The molecule has 2 aromatic heterocycles. The average Bonchev–Trinajstić information content (AvgIpc) is 3.96. The van der Waals surface area contributed by atoms with E-state index in [1.54, 1.807) is 46.6 Å². The van der Waals surface area contributed by atoms with Gasteiger partial charge in [0, 0.05) is 106 Å². The second-order valence-electron chi connectivity index (χ2n) is 13.3. The van der Waals surface area contributed by atoms with E-state index in [2.05, 4.69) is 76.2 Å². The Morgan fingerprint density at radius 2 is 1.08 bits per heavy atom. The van der Waals surface area contributed by atoms with Crippen molar-refractivity contribution in [1.82, 2.24) is 28.9 Å². The number of aromatic nitrogens is 4. The van der Waals surface area contributed by atoms with Gasteiger partial charge >= 0.3 is 0 Å². The number of ether oxygens (including phenoxy) is 2. The van der Waals surface area contributed by atoms with Crippen LogP contribution in [0.15, 0.2) is 91.0 Å². The zero-order chi connectivity index (χ0) is 36.0. The van der Waals surface area contributed by atoms with Crippen LogP contribution < -0.4 is 15.5 Å². The van der Waals surface area contributed by atoms with Crippen LogP contribution in [0.1, 0.15) is 25.7 Å². The minimum atomic E-state index is 0.644. The van der Waals surface area contributed by atoms with Gasteiger partial charge in [0.15, 0.2) is 5.11 Å². The van der Waals surface area contributed by atoms with Crippen molar-refractivity contribution in [1.29, 1.82) is 0 Å². The van der Waals surface area contributed by atoms with E-state index >= 15 is 0 Å². The van der Waals surface area contributed by atoms with Crippen LogP contribution in [0, 0.1) is 0 Å². The van der Waals surface area contributed by atoms with Gasteiger partial charge in [-0.25, -0.2) is 9.97 Å². The van der Waals surface area contributed by atoms with Gasteiger partial charge in [0.1, 0.15) is 12.7 Å². The number of nitrogen functional groups attached to an aromatic ring is 1.